The van der Waals surface area contributed by atoms with Crippen molar-refractivity contribution in [1.29, 1.82) is 0 Å². The molecule has 0 aliphatic carbocycles. The number of aromatic nitrogens is 6. The molecular weight excluding hydrogens is 448 g/mol. The Morgan fingerprint density at radius 1 is 0.912 bits per heavy atom. The minimum Gasteiger partial charge on any atom is -0.421 e. The lowest BCUT2D eigenvalue weighted by Crippen LogP contribution is -2.09. The molecule has 0 spiro atoms. The van der Waals surface area contributed by atoms with E-state index in [1.165, 1.54) is 0 Å². The average Bonchev–Trinajstić information content (AvgIpc) is 3.46. The van der Waals surface area contributed by atoms with Crippen molar-refractivity contribution in [3.63, 3.8) is 0 Å². The van der Waals surface area contributed by atoms with Gasteiger partial charge in [-0.2, -0.15) is 0 Å². The SMILES string of the molecule is Cc1nnc2n1-c1ccccc1C(c1ccc(Cl)cc1)=C[C@H]2Cc1nnc(-c2cccnc2)o1. The normalized spacial score (nSPS) is 14.8. The van der Waals surface area contributed by atoms with Gasteiger partial charge in [-0.15, -0.1) is 20.4 Å². The van der Waals surface area contributed by atoms with E-state index in [1.807, 2.05) is 55.5 Å². The van der Waals surface area contributed by atoms with E-state index in [0.29, 0.717) is 23.2 Å². The maximum atomic E-state index is 6.17. The molecule has 4 heterocycles. The second-order valence-corrected chi connectivity index (χ2v) is 8.53. The van der Waals surface area contributed by atoms with Crippen LogP contribution in [-0.4, -0.2) is 29.9 Å². The Morgan fingerprint density at radius 3 is 2.59 bits per heavy atom. The molecule has 0 radical (unpaired) electrons. The Morgan fingerprint density at radius 2 is 1.76 bits per heavy atom. The summed E-state index contributed by atoms with van der Waals surface area (Å²) in [5.41, 5.74) is 5.07. The highest BCUT2D eigenvalue weighted by Crippen LogP contribution is 2.38. The smallest absolute Gasteiger partial charge is 0.249 e. The average molecular weight is 467 g/mol. The van der Waals surface area contributed by atoms with E-state index in [0.717, 1.165) is 39.6 Å². The minimum atomic E-state index is -0.138. The molecule has 166 valence electrons. The summed E-state index contributed by atoms with van der Waals surface area (Å²) in [6.45, 7) is 1.96. The van der Waals surface area contributed by atoms with Gasteiger partial charge in [0, 0.05) is 35.3 Å². The second kappa shape index (κ2) is 8.35. The van der Waals surface area contributed by atoms with Crippen molar-refractivity contribution in [2.24, 2.45) is 0 Å². The van der Waals surface area contributed by atoms with Gasteiger partial charge in [-0.05, 0) is 48.4 Å². The van der Waals surface area contributed by atoms with Crippen molar-refractivity contribution in [1.82, 2.24) is 29.9 Å². The van der Waals surface area contributed by atoms with E-state index in [9.17, 15) is 0 Å². The van der Waals surface area contributed by atoms with Crippen LogP contribution >= 0.6 is 11.6 Å². The molecule has 0 N–H and O–H groups in total. The molecule has 5 aromatic rings. The number of hydrogen-bond donors (Lipinski definition) is 0. The number of aryl methyl sites for hydroxylation is 1. The van der Waals surface area contributed by atoms with Crippen molar-refractivity contribution in [3.8, 4) is 17.1 Å². The molecule has 1 aliphatic rings. The summed E-state index contributed by atoms with van der Waals surface area (Å²) >= 11 is 6.17. The largest absolute Gasteiger partial charge is 0.421 e. The Bertz CT molecular complexity index is 1500. The van der Waals surface area contributed by atoms with Gasteiger partial charge in [0.2, 0.25) is 11.8 Å². The lowest BCUT2D eigenvalue weighted by Gasteiger charge is -2.13. The van der Waals surface area contributed by atoms with Gasteiger partial charge in [0.1, 0.15) is 11.6 Å². The number of para-hydroxylation sites is 1. The molecule has 0 bridgehead atoms. The van der Waals surface area contributed by atoms with Crippen LogP contribution in [0.4, 0.5) is 0 Å². The zero-order chi connectivity index (χ0) is 23.1. The first kappa shape index (κ1) is 20.5. The lowest BCUT2D eigenvalue weighted by molar-refractivity contribution is 0.490. The molecule has 34 heavy (non-hydrogen) atoms. The zero-order valence-corrected chi connectivity index (χ0v) is 19.0. The molecule has 1 aliphatic heterocycles. The van der Waals surface area contributed by atoms with Crippen LogP contribution in [0.1, 0.15) is 34.6 Å². The number of benzene rings is 2. The summed E-state index contributed by atoms with van der Waals surface area (Å²) in [7, 11) is 0. The van der Waals surface area contributed by atoms with Crippen LogP contribution in [0.25, 0.3) is 22.7 Å². The molecule has 0 unspecified atom stereocenters. The zero-order valence-electron chi connectivity index (χ0n) is 18.3. The first-order valence-electron chi connectivity index (χ1n) is 10.9. The van der Waals surface area contributed by atoms with Crippen LogP contribution < -0.4 is 0 Å². The summed E-state index contributed by atoms with van der Waals surface area (Å²) in [5.74, 6) is 2.48. The van der Waals surface area contributed by atoms with Crippen molar-refractivity contribution >= 4 is 17.2 Å². The van der Waals surface area contributed by atoms with E-state index < -0.39 is 0 Å². The number of allylic oxidation sites excluding steroid dienone is 1. The Labute approximate surface area is 200 Å². The Hall–Kier alpha value is -4.10. The third kappa shape index (κ3) is 3.60. The van der Waals surface area contributed by atoms with Crippen LogP contribution in [0.2, 0.25) is 5.02 Å². The van der Waals surface area contributed by atoms with Crippen molar-refractivity contribution in [2.75, 3.05) is 0 Å². The summed E-state index contributed by atoms with van der Waals surface area (Å²) < 4.78 is 8.11. The van der Waals surface area contributed by atoms with Gasteiger partial charge in [0.25, 0.3) is 0 Å². The molecule has 3 aromatic heterocycles. The highest BCUT2D eigenvalue weighted by Gasteiger charge is 2.28. The van der Waals surface area contributed by atoms with E-state index in [4.69, 9.17) is 16.0 Å². The Kier molecular flexibility index (Phi) is 5.04. The minimum absolute atomic E-state index is 0.138. The standard InChI is InChI=1S/C26H19ClN6O/c1-16-29-31-25-19(14-24-30-32-26(34-24)18-5-4-12-28-15-18)13-22(17-8-10-20(27)11-9-17)21-6-2-3-7-23(21)33(16)25/h2-13,15,19H,14H2,1H3/t19-/m0/s1. The number of fused-ring (bicyclic) bond motifs is 3. The molecule has 0 fully saturated rings. The summed E-state index contributed by atoms with van der Waals surface area (Å²) in [5, 5.41) is 18.2. The van der Waals surface area contributed by atoms with E-state index in [1.54, 1.807) is 12.4 Å². The molecule has 7 nitrogen and oxygen atoms in total. The number of pyridine rings is 1. The van der Waals surface area contributed by atoms with Crippen LogP contribution in [0.15, 0.2) is 83.6 Å². The van der Waals surface area contributed by atoms with E-state index in [-0.39, 0.29) is 5.92 Å². The number of halogens is 1. The molecular formula is C26H19ClN6O. The van der Waals surface area contributed by atoms with Gasteiger partial charge < -0.3 is 4.42 Å². The molecule has 1 atom stereocenters. The predicted molar refractivity (Wildman–Crippen MR) is 129 cm³/mol. The van der Waals surface area contributed by atoms with Crippen molar-refractivity contribution in [3.05, 3.63) is 113 Å². The van der Waals surface area contributed by atoms with Crippen molar-refractivity contribution < 1.29 is 4.42 Å². The molecule has 0 amide bonds. The van der Waals surface area contributed by atoms with Crippen LogP contribution in [0.5, 0.6) is 0 Å². The number of rotatable bonds is 4. The maximum absolute atomic E-state index is 6.17. The van der Waals surface area contributed by atoms with Gasteiger partial charge in [0.05, 0.1) is 11.3 Å². The van der Waals surface area contributed by atoms with Crippen LogP contribution in [-0.2, 0) is 6.42 Å². The first-order chi connectivity index (χ1) is 16.7. The van der Waals surface area contributed by atoms with Crippen molar-refractivity contribution in [2.45, 2.75) is 19.3 Å². The fourth-order valence-electron chi connectivity index (χ4n) is 4.34. The predicted octanol–water partition coefficient (Wildman–Crippen LogP) is 5.45. The molecule has 6 rings (SSSR count). The quantitative estimate of drug-likeness (QED) is 0.350. The van der Waals surface area contributed by atoms with Gasteiger partial charge >= 0.3 is 0 Å². The number of hydrogen-bond acceptors (Lipinski definition) is 6. The summed E-state index contributed by atoms with van der Waals surface area (Å²) in [6, 6.07) is 19.9. The van der Waals surface area contributed by atoms with Crippen LogP contribution in [0.3, 0.4) is 0 Å². The molecule has 0 saturated carbocycles. The third-order valence-corrected chi connectivity index (χ3v) is 6.16. The fraction of sp³-hybridized carbons (Fsp3) is 0.115. The Balaban J connectivity index is 1.48. The van der Waals surface area contributed by atoms with Gasteiger partial charge in [-0.1, -0.05) is 48.0 Å². The lowest BCUT2D eigenvalue weighted by atomic mass is 9.93. The van der Waals surface area contributed by atoms with Gasteiger partial charge in [-0.25, -0.2) is 0 Å². The van der Waals surface area contributed by atoms with E-state index in [2.05, 4.69) is 48.2 Å². The summed E-state index contributed by atoms with van der Waals surface area (Å²) in [4.78, 5) is 4.14. The highest BCUT2D eigenvalue weighted by atomic mass is 35.5. The maximum Gasteiger partial charge on any atom is 0.249 e. The van der Waals surface area contributed by atoms with Crippen LogP contribution in [0, 0.1) is 6.92 Å². The molecule has 8 heteroatoms. The third-order valence-electron chi connectivity index (χ3n) is 5.91. The monoisotopic (exact) mass is 466 g/mol. The molecule has 0 saturated heterocycles. The first-order valence-corrected chi connectivity index (χ1v) is 11.3. The summed E-state index contributed by atoms with van der Waals surface area (Å²) in [6.07, 6.45) is 6.11. The van der Waals surface area contributed by atoms with Gasteiger partial charge in [-0.3, -0.25) is 9.55 Å². The topological polar surface area (TPSA) is 82.5 Å². The highest BCUT2D eigenvalue weighted by molar-refractivity contribution is 6.30. The fourth-order valence-corrected chi connectivity index (χ4v) is 4.47. The second-order valence-electron chi connectivity index (χ2n) is 8.10. The molecule has 2 aromatic carbocycles. The number of nitrogens with zero attached hydrogens (tertiary/aromatic N) is 6. The van der Waals surface area contributed by atoms with E-state index >= 15 is 0 Å². The van der Waals surface area contributed by atoms with Gasteiger partial charge in [0.15, 0.2) is 0 Å².